The first-order chi connectivity index (χ1) is 12.5. The van der Waals surface area contributed by atoms with E-state index in [1.54, 1.807) is 26.0 Å². The van der Waals surface area contributed by atoms with Gasteiger partial charge in [-0.2, -0.15) is 5.10 Å². The maximum atomic E-state index is 12.6. The van der Waals surface area contributed by atoms with Crippen LogP contribution in [0.1, 0.15) is 17.0 Å². The Labute approximate surface area is 151 Å². The number of hydrogen-bond acceptors (Lipinski definition) is 6. The standard InChI is InChI=1S/C17H18N6O2S/c1-11-17(12(2)19-18-11)26(24,25)22-15-7-8-16(21-20-15)23-10-9-13-5-3-4-6-14(13)23/h3-8H,9-10H2,1-2H3,(H,18,19)(H,20,22). The first-order valence-electron chi connectivity index (χ1n) is 8.19. The molecule has 26 heavy (non-hydrogen) atoms. The summed E-state index contributed by atoms with van der Waals surface area (Å²) in [6.45, 7) is 4.12. The van der Waals surface area contributed by atoms with E-state index in [4.69, 9.17) is 0 Å². The minimum Gasteiger partial charge on any atom is -0.324 e. The van der Waals surface area contributed by atoms with Crippen LogP contribution in [0.5, 0.6) is 0 Å². The predicted molar refractivity (Wildman–Crippen MR) is 98.1 cm³/mol. The van der Waals surface area contributed by atoms with Crippen LogP contribution in [-0.4, -0.2) is 35.4 Å². The summed E-state index contributed by atoms with van der Waals surface area (Å²) in [6.07, 6.45) is 0.950. The molecule has 0 fully saturated rings. The van der Waals surface area contributed by atoms with Crippen LogP contribution in [-0.2, 0) is 16.4 Å². The summed E-state index contributed by atoms with van der Waals surface area (Å²) in [5.41, 5.74) is 3.27. The van der Waals surface area contributed by atoms with Crippen LogP contribution in [0.3, 0.4) is 0 Å². The molecule has 0 saturated heterocycles. The van der Waals surface area contributed by atoms with Crippen molar-refractivity contribution in [3.8, 4) is 0 Å². The van der Waals surface area contributed by atoms with E-state index < -0.39 is 10.0 Å². The van der Waals surface area contributed by atoms with Gasteiger partial charge in [-0.1, -0.05) is 18.2 Å². The van der Waals surface area contributed by atoms with Crippen LogP contribution in [0.4, 0.5) is 17.3 Å². The van der Waals surface area contributed by atoms with Crippen LogP contribution in [0, 0.1) is 13.8 Å². The maximum absolute atomic E-state index is 12.6. The molecule has 1 aliphatic rings. The highest BCUT2D eigenvalue weighted by molar-refractivity contribution is 7.92. The van der Waals surface area contributed by atoms with Gasteiger partial charge in [0.1, 0.15) is 4.90 Å². The lowest BCUT2D eigenvalue weighted by atomic mass is 10.2. The largest absolute Gasteiger partial charge is 0.324 e. The van der Waals surface area contributed by atoms with Gasteiger partial charge in [0, 0.05) is 12.2 Å². The third kappa shape index (κ3) is 2.80. The number of H-pyrrole nitrogens is 1. The highest BCUT2D eigenvalue weighted by Crippen LogP contribution is 2.33. The third-order valence-electron chi connectivity index (χ3n) is 4.38. The summed E-state index contributed by atoms with van der Waals surface area (Å²) in [5.74, 6) is 0.856. The second-order valence-corrected chi connectivity index (χ2v) is 7.80. The summed E-state index contributed by atoms with van der Waals surface area (Å²) < 4.78 is 27.6. The molecule has 134 valence electrons. The van der Waals surface area contributed by atoms with Crippen molar-refractivity contribution < 1.29 is 8.42 Å². The van der Waals surface area contributed by atoms with Crippen molar-refractivity contribution in [3.63, 3.8) is 0 Å². The number of aromatic nitrogens is 4. The number of benzene rings is 1. The van der Waals surface area contributed by atoms with E-state index >= 15 is 0 Å². The highest BCUT2D eigenvalue weighted by atomic mass is 32.2. The number of para-hydroxylation sites is 1. The Hall–Kier alpha value is -2.94. The fourth-order valence-corrected chi connectivity index (χ4v) is 4.59. The molecule has 0 atom stereocenters. The van der Waals surface area contributed by atoms with E-state index in [2.05, 4.69) is 36.1 Å². The minimum atomic E-state index is -3.77. The molecule has 4 rings (SSSR count). The molecule has 1 aliphatic heterocycles. The molecule has 0 radical (unpaired) electrons. The van der Waals surface area contributed by atoms with Crippen molar-refractivity contribution in [2.24, 2.45) is 0 Å². The van der Waals surface area contributed by atoms with Gasteiger partial charge in [0.05, 0.1) is 11.4 Å². The fourth-order valence-electron chi connectivity index (χ4n) is 3.23. The number of aromatic amines is 1. The second kappa shape index (κ2) is 6.10. The van der Waals surface area contributed by atoms with Crippen LogP contribution in [0.25, 0.3) is 0 Å². The van der Waals surface area contributed by atoms with Gasteiger partial charge in [-0.25, -0.2) is 8.42 Å². The van der Waals surface area contributed by atoms with Crippen molar-refractivity contribution >= 4 is 27.3 Å². The van der Waals surface area contributed by atoms with Gasteiger partial charge in [0.15, 0.2) is 11.6 Å². The molecule has 9 heteroatoms. The molecule has 0 bridgehead atoms. The van der Waals surface area contributed by atoms with E-state index in [1.807, 2.05) is 18.2 Å². The van der Waals surface area contributed by atoms with Crippen LogP contribution in [0.2, 0.25) is 0 Å². The maximum Gasteiger partial charge on any atom is 0.266 e. The Bertz CT molecular complexity index is 1040. The first kappa shape index (κ1) is 16.5. The third-order valence-corrected chi connectivity index (χ3v) is 6.00. The van der Waals surface area contributed by atoms with Crippen molar-refractivity contribution in [3.05, 3.63) is 53.3 Å². The zero-order chi connectivity index (χ0) is 18.3. The van der Waals surface area contributed by atoms with Gasteiger partial charge in [0.25, 0.3) is 10.0 Å². The number of fused-ring (bicyclic) bond motifs is 1. The molecule has 0 unspecified atom stereocenters. The van der Waals surface area contributed by atoms with Gasteiger partial charge in [0.2, 0.25) is 0 Å². The fraction of sp³-hybridized carbons (Fsp3) is 0.235. The summed E-state index contributed by atoms with van der Waals surface area (Å²) in [6, 6.07) is 11.5. The second-order valence-electron chi connectivity index (χ2n) is 6.18. The molecule has 0 spiro atoms. The SMILES string of the molecule is Cc1n[nH]c(C)c1S(=O)(=O)Nc1ccc(N2CCc3ccccc32)nn1. The summed E-state index contributed by atoms with van der Waals surface area (Å²) >= 11 is 0. The Morgan fingerprint density at radius 2 is 1.92 bits per heavy atom. The Morgan fingerprint density at radius 1 is 1.12 bits per heavy atom. The lowest BCUT2D eigenvalue weighted by molar-refractivity contribution is 0.600. The van der Waals surface area contributed by atoms with Crippen molar-refractivity contribution in [1.82, 2.24) is 20.4 Å². The quantitative estimate of drug-likeness (QED) is 0.730. The Balaban J connectivity index is 1.58. The van der Waals surface area contributed by atoms with Crippen LogP contribution in [0.15, 0.2) is 41.3 Å². The van der Waals surface area contributed by atoms with Gasteiger partial charge >= 0.3 is 0 Å². The minimum absolute atomic E-state index is 0.136. The molecule has 8 nitrogen and oxygen atoms in total. The number of rotatable bonds is 4. The molecule has 2 N–H and O–H groups in total. The molecule has 0 saturated carbocycles. The zero-order valence-corrected chi connectivity index (χ0v) is 15.2. The van der Waals surface area contributed by atoms with E-state index in [1.165, 1.54) is 5.56 Å². The number of sulfonamides is 1. The number of hydrogen-bond donors (Lipinski definition) is 2. The molecular formula is C17H18N6O2S. The first-order valence-corrected chi connectivity index (χ1v) is 9.67. The Morgan fingerprint density at radius 3 is 2.62 bits per heavy atom. The van der Waals surface area contributed by atoms with E-state index in [0.29, 0.717) is 17.2 Å². The number of anilines is 3. The summed E-state index contributed by atoms with van der Waals surface area (Å²) in [7, 11) is -3.77. The summed E-state index contributed by atoms with van der Waals surface area (Å²) in [4.78, 5) is 2.21. The lowest BCUT2D eigenvalue weighted by Gasteiger charge is -2.17. The molecule has 1 aromatic carbocycles. The molecule has 0 aliphatic carbocycles. The topological polar surface area (TPSA) is 104 Å². The van der Waals surface area contributed by atoms with E-state index in [0.717, 1.165) is 18.7 Å². The van der Waals surface area contributed by atoms with E-state index in [9.17, 15) is 8.42 Å². The molecular weight excluding hydrogens is 352 g/mol. The predicted octanol–water partition coefficient (Wildman–Crippen LogP) is 2.31. The Kier molecular flexibility index (Phi) is 3.87. The average molecular weight is 370 g/mol. The zero-order valence-electron chi connectivity index (χ0n) is 14.4. The average Bonchev–Trinajstić information content (AvgIpc) is 3.19. The molecule has 0 amide bonds. The molecule has 2 aromatic heterocycles. The summed E-state index contributed by atoms with van der Waals surface area (Å²) in [5, 5.41) is 14.8. The van der Waals surface area contributed by atoms with E-state index in [-0.39, 0.29) is 10.7 Å². The van der Waals surface area contributed by atoms with Crippen molar-refractivity contribution in [2.75, 3.05) is 16.2 Å². The highest BCUT2D eigenvalue weighted by Gasteiger charge is 2.24. The smallest absolute Gasteiger partial charge is 0.266 e. The number of aryl methyl sites for hydroxylation is 2. The molecule has 3 heterocycles. The normalized spacial score (nSPS) is 13.7. The van der Waals surface area contributed by atoms with Crippen molar-refractivity contribution in [2.45, 2.75) is 25.2 Å². The monoisotopic (exact) mass is 370 g/mol. The van der Waals surface area contributed by atoms with Gasteiger partial charge < -0.3 is 4.90 Å². The van der Waals surface area contributed by atoms with Crippen LogP contribution >= 0.6 is 0 Å². The molecule has 3 aromatic rings. The van der Waals surface area contributed by atoms with Crippen LogP contribution < -0.4 is 9.62 Å². The van der Waals surface area contributed by atoms with Gasteiger partial charge in [-0.3, -0.25) is 9.82 Å². The van der Waals surface area contributed by atoms with Gasteiger partial charge in [-0.05, 0) is 44.0 Å². The lowest BCUT2D eigenvalue weighted by Crippen LogP contribution is -2.18. The number of nitrogens with one attached hydrogen (secondary N) is 2. The number of nitrogens with zero attached hydrogens (tertiary/aromatic N) is 4. The van der Waals surface area contributed by atoms with Crippen molar-refractivity contribution in [1.29, 1.82) is 0 Å². The van der Waals surface area contributed by atoms with Gasteiger partial charge in [-0.15, -0.1) is 10.2 Å².